The molecule has 0 bridgehead atoms. The van der Waals surface area contributed by atoms with E-state index in [1.807, 2.05) is 0 Å². The van der Waals surface area contributed by atoms with E-state index in [4.69, 9.17) is 5.11 Å². The summed E-state index contributed by atoms with van der Waals surface area (Å²) in [7, 11) is 0. The third-order valence-corrected chi connectivity index (χ3v) is 1.94. The first kappa shape index (κ1) is 10.9. The second-order valence-electron chi connectivity index (χ2n) is 3.10. The predicted molar refractivity (Wildman–Crippen MR) is 49.7 cm³/mol. The van der Waals surface area contributed by atoms with Gasteiger partial charge in [0.05, 0.1) is 6.61 Å². The summed E-state index contributed by atoms with van der Waals surface area (Å²) >= 11 is 0. The van der Waals surface area contributed by atoms with Crippen LogP contribution >= 0.6 is 0 Å². The largest absolute Gasteiger partial charge is 0.395 e. The molecule has 6 heteroatoms. The van der Waals surface area contributed by atoms with Gasteiger partial charge in [0.15, 0.2) is 0 Å². The monoisotopic (exact) mass is 201 g/mol. The second-order valence-corrected chi connectivity index (χ2v) is 3.10. The van der Waals surface area contributed by atoms with Crippen molar-refractivity contribution in [2.24, 2.45) is 0 Å². The fourth-order valence-electron chi connectivity index (χ4n) is 1.26. The molecule has 6 nitrogen and oxygen atoms in total. The van der Waals surface area contributed by atoms with E-state index in [1.54, 1.807) is 0 Å². The van der Waals surface area contributed by atoms with E-state index < -0.39 is 0 Å². The normalized spacial score (nSPS) is 16.2. The number of aliphatic hydroxyl groups is 1. The third kappa shape index (κ3) is 3.31. The van der Waals surface area contributed by atoms with Gasteiger partial charge in [-0.15, -0.1) is 0 Å². The minimum Gasteiger partial charge on any atom is -0.395 e. The van der Waals surface area contributed by atoms with Crippen molar-refractivity contribution in [2.75, 3.05) is 32.8 Å². The van der Waals surface area contributed by atoms with Gasteiger partial charge in [0.1, 0.15) is 6.54 Å². The summed E-state index contributed by atoms with van der Waals surface area (Å²) in [6.07, 6.45) is 0.778. The molecular weight excluding hydrogens is 186 g/mol. The Morgan fingerprint density at radius 1 is 1.43 bits per heavy atom. The summed E-state index contributed by atoms with van der Waals surface area (Å²) in [6.45, 7) is 2.14. The van der Waals surface area contributed by atoms with Crippen LogP contribution in [0, 0.1) is 0 Å². The third-order valence-electron chi connectivity index (χ3n) is 1.94. The number of nitrogens with zero attached hydrogens (tertiary/aromatic N) is 1. The minimum absolute atomic E-state index is 0.114. The molecule has 1 heterocycles. The van der Waals surface area contributed by atoms with Crippen LogP contribution in [0.15, 0.2) is 0 Å². The number of hydrogen-bond acceptors (Lipinski definition) is 4. The Balaban J connectivity index is 2.07. The van der Waals surface area contributed by atoms with Crippen molar-refractivity contribution in [3.8, 4) is 0 Å². The average molecular weight is 201 g/mol. The number of nitrogens with one attached hydrogen (secondary N) is 2. The molecule has 1 aliphatic rings. The smallest absolute Gasteiger partial charge is 0.324 e. The van der Waals surface area contributed by atoms with E-state index in [1.165, 1.54) is 4.90 Å². The summed E-state index contributed by atoms with van der Waals surface area (Å²) in [5, 5.41) is 13.7. The molecule has 0 aliphatic carbocycles. The van der Waals surface area contributed by atoms with Crippen molar-refractivity contribution in [3.05, 3.63) is 0 Å². The molecule has 0 spiro atoms. The first-order chi connectivity index (χ1) is 6.74. The number of imide groups is 1. The Morgan fingerprint density at radius 2 is 2.21 bits per heavy atom. The summed E-state index contributed by atoms with van der Waals surface area (Å²) in [5.41, 5.74) is 0. The van der Waals surface area contributed by atoms with E-state index in [2.05, 4.69) is 10.6 Å². The number of rotatable bonds is 6. The highest BCUT2D eigenvalue weighted by Crippen LogP contribution is 1.98. The summed E-state index contributed by atoms with van der Waals surface area (Å²) in [4.78, 5) is 23.3. The molecule has 14 heavy (non-hydrogen) atoms. The maximum absolute atomic E-state index is 11.0. The fourth-order valence-corrected chi connectivity index (χ4v) is 1.26. The highest BCUT2D eigenvalue weighted by molar-refractivity contribution is 6.01. The van der Waals surface area contributed by atoms with Crippen LogP contribution in [0.1, 0.15) is 6.42 Å². The first-order valence-corrected chi connectivity index (χ1v) is 4.64. The number of amides is 3. The molecule has 1 rings (SSSR count). The maximum atomic E-state index is 11.0. The van der Waals surface area contributed by atoms with Crippen molar-refractivity contribution in [1.29, 1.82) is 0 Å². The van der Waals surface area contributed by atoms with Crippen molar-refractivity contribution in [3.63, 3.8) is 0 Å². The second kappa shape index (κ2) is 5.56. The van der Waals surface area contributed by atoms with E-state index in [-0.39, 0.29) is 25.1 Å². The standard InChI is InChI=1S/C8H15N3O3/c12-5-3-9-2-1-4-11-6-7(13)10-8(11)14/h9,12H,1-6H2,(H,10,13,14). The van der Waals surface area contributed by atoms with Crippen LogP contribution < -0.4 is 10.6 Å². The van der Waals surface area contributed by atoms with Crippen molar-refractivity contribution in [1.82, 2.24) is 15.5 Å². The molecule has 1 fully saturated rings. The highest BCUT2D eigenvalue weighted by atomic mass is 16.3. The number of hydrogen-bond donors (Lipinski definition) is 3. The van der Waals surface area contributed by atoms with Gasteiger partial charge >= 0.3 is 6.03 Å². The van der Waals surface area contributed by atoms with Gasteiger partial charge in [0.2, 0.25) is 5.91 Å². The van der Waals surface area contributed by atoms with Crippen molar-refractivity contribution < 1.29 is 14.7 Å². The molecule has 0 aromatic rings. The van der Waals surface area contributed by atoms with Gasteiger partial charge < -0.3 is 15.3 Å². The quantitative estimate of drug-likeness (QED) is 0.361. The number of urea groups is 1. The molecule has 0 saturated carbocycles. The summed E-state index contributed by atoms with van der Waals surface area (Å²) < 4.78 is 0. The van der Waals surface area contributed by atoms with Gasteiger partial charge in [0.25, 0.3) is 0 Å². The van der Waals surface area contributed by atoms with Gasteiger partial charge in [-0.2, -0.15) is 0 Å². The lowest BCUT2D eigenvalue weighted by Crippen LogP contribution is -2.31. The molecule has 1 aliphatic heterocycles. The van der Waals surface area contributed by atoms with Crippen molar-refractivity contribution in [2.45, 2.75) is 6.42 Å². The van der Waals surface area contributed by atoms with Gasteiger partial charge in [-0.3, -0.25) is 10.1 Å². The van der Waals surface area contributed by atoms with Crippen LogP contribution in [-0.2, 0) is 4.79 Å². The predicted octanol–water partition coefficient (Wildman–Crippen LogP) is -1.49. The molecule has 3 N–H and O–H groups in total. The zero-order valence-corrected chi connectivity index (χ0v) is 7.95. The van der Waals surface area contributed by atoms with Crippen LogP contribution in [0.25, 0.3) is 0 Å². The first-order valence-electron chi connectivity index (χ1n) is 4.64. The Labute approximate surface area is 82.3 Å². The fraction of sp³-hybridized carbons (Fsp3) is 0.750. The van der Waals surface area contributed by atoms with Crippen LogP contribution in [0.5, 0.6) is 0 Å². The number of carbonyl (C=O) groups excluding carboxylic acids is 2. The molecule has 0 atom stereocenters. The van der Waals surface area contributed by atoms with Gasteiger partial charge in [0, 0.05) is 13.1 Å². The van der Waals surface area contributed by atoms with Crippen LogP contribution in [0.2, 0.25) is 0 Å². The topological polar surface area (TPSA) is 81.7 Å². The lowest BCUT2D eigenvalue weighted by atomic mass is 10.4. The number of aliphatic hydroxyl groups excluding tert-OH is 1. The van der Waals surface area contributed by atoms with E-state index in [9.17, 15) is 9.59 Å². The van der Waals surface area contributed by atoms with Gasteiger partial charge in [-0.25, -0.2) is 4.79 Å². The maximum Gasteiger partial charge on any atom is 0.324 e. The molecular formula is C8H15N3O3. The van der Waals surface area contributed by atoms with Gasteiger partial charge in [-0.05, 0) is 13.0 Å². The Kier molecular flexibility index (Phi) is 4.34. The lowest BCUT2D eigenvalue weighted by molar-refractivity contribution is -0.118. The van der Waals surface area contributed by atoms with Gasteiger partial charge in [-0.1, -0.05) is 0 Å². The van der Waals surface area contributed by atoms with Crippen LogP contribution in [0.3, 0.4) is 0 Å². The molecule has 1 saturated heterocycles. The van der Waals surface area contributed by atoms with Crippen molar-refractivity contribution >= 4 is 11.9 Å². The summed E-state index contributed by atoms with van der Waals surface area (Å²) in [5.74, 6) is -0.238. The van der Waals surface area contributed by atoms with Crippen LogP contribution in [-0.4, -0.2) is 54.7 Å². The van der Waals surface area contributed by atoms with Crippen LogP contribution in [0.4, 0.5) is 4.79 Å². The minimum atomic E-state index is -0.308. The van der Waals surface area contributed by atoms with E-state index >= 15 is 0 Å². The SMILES string of the molecule is O=C1CN(CCCNCCO)C(=O)N1. The molecule has 0 radical (unpaired) electrons. The number of carbonyl (C=O) groups is 2. The lowest BCUT2D eigenvalue weighted by Gasteiger charge is -2.12. The highest BCUT2D eigenvalue weighted by Gasteiger charge is 2.25. The van der Waals surface area contributed by atoms with E-state index in [0.29, 0.717) is 13.1 Å². The zero-order valence-electron chi connectivity index (χ0n) is 7.95. The zero-order chi connectivity index (χ0) is 10.4. The molecule has 0 unspecified atom stereocenters. The molecule has 0 aromatic heterocycles. The summed E-state index contributed by atoms with van der Waals surface area (Å²) in [6, 6.07) is -0.308. The Hall–Kier alpha value is -1.14. The Morgan fingerprint density at radius 3 is 2.79 bits per heavy atom. The average Bonchev–Trinajstić information content (AvgIpc) is 2.45. The molecule has 0 aromatic carbocycles. The molecule has 3 amide bonds. The van der Waals surface area contributed by atoms with E-state index in [0.717, 1.165) is 13.0 Å². The Bertz CT molecular complexity index is 220. The molecule has 80 valence electrons.